The lowest BCUT2D eigenvalue weighted by Gasteiger charge is -2.19. The zero-order valence-electron chi connectivity index (χ0n) is 14.8. The van der Waals surface area contributed by atoms with Gasteiger partial charge in [0.15, 0.2) is 6.61 Å². The standard InChI is InChI=1S/C21H27NO2/c1-21(2,3)18-11-13-19(14-12-18)24-16-20(23)22-15-7-10-17-8-5-4-6-9-17/h4-6,8-9,11-14H,7,10,15-16H2,1-3H3,(H,22,23). The van der Waals surface area contributed by atoms with Crippen molar-refractivity contribution < 1.29 is 9.53 Å². The van der Waals surface area contributed by atoms with Crippen LogP contribution in [0.3, 0.4) is 0 Å². The molecule has 1 amide bonds. The summed E-state index contributed by atoms with van der Waals surface area (Å²) in [6.45, 7) is 7.24. The van der Waals surface area contributed by atoms with Crippen LogP contribution in [0.5, 0.6) is 5.75 Å². The Morgan fingerprint density at radius 1 is 1.00 bits per heavy atom. The molecule has 3 nitrogen and oxygen atoms in total. The number of amides is 1. The Hall–Kier alpha value is -2.29. The Morgan fingerprint density at radius 3 is 2.29 bits per heavy atom. The first-order valence-electron chi connectivity index (χ1n) is 8.49. The van der Waals surface area contributed by atoms with Gasteiger partial charge in [-0.15, -0.1) is 0 Å². The summed E-state index contributed by atoms with van der Waals surface area (Å²) in [4.78, 5) is 11.8. The minimum Gasteiger partial charge on any atom is -0.484 e. The maximum absolute atomic E-state index is 11.8. The molecule has 3 heteroatoms. The van der Waals surface area contributed by atoms with Gasteiger partial charge in [-0.25, -0.2) is 0 Å². The van der Waals surface area contributed by atoms with E-state index in [-0.39, 0.29) is 17.9 Å². The molecule has 128 valence electrons. The molecular formula is C21H27NO2. The molecule has 0 heterocycles. The van der Waals surface area contributed by atoms with Crippen LogP contribution in [0, 0.1) is 0 Å². The zero-order valence-corrected chi connectivity index (χ0v) is 14.8. The van der Waals surface area contributed by atoms with Crippen LogP contribution in [0.4, 0.5) is 0 Å². The van der Waals surface area contributed by atoms with Crippen LogP contribution < -0.4 is 10.1 Å². The van der Waals surface area contributed by atoms with Crippen LogP contribution >= 0.6 is 0 Å². The first kappa shape index (κ1) is 18.1. The van der Waals surface area contributed by atoms with Gasteiger partial charge in [-0.05, 0) is 41.5 Å². The summed E-state index contributed by atoms with van der Waals surface area (Å²) in [7, 11) is 0. The van der Waals surface area contributed by atoms with Gasteiger partial charge in [-0.1, -0.05) is 63.2 Å². The number of carbonyl (C=O) groups excluding carboxylic acids is 1. The number of ether oxygens (including phenoxy) is 1. The first-order chi connectivity index (χ1) is 11.4. The molecule has 2 aromatic carbocycles. The highest BCUT2D eigenvalue weighted by Gasteiger charge is 2.13. The molecule has 0 bridgehead atoms. The highest BCUT2D eigenvalue weighted by molar-refractivity contribution is 5.77. The Morgan fingerprint density at radius 2 is 1.67 bits per heavy atom. The molecule has 0 aliphatic rings. The quantitative estimate of drug-likeness (QED) is 0.778. The second-order valence-corrected chi connectivity index (χ2v) is 7.00. The predicted octanol–water partition coefficient (Wildman–Crippen LogP) is 4.11. The Kier molecular flexibility index (Phi) is 6.42. The molecule has 0 saturated heterocycles. The Balaban J connectivity index is 1.66. The summed E-state index contributed by atoms with van der Waals surface area (Å²) < 4.78 is 5.54. The van der Waals surface area contributed by atoms with Gasteiger partial charge in [0.2, 0.25) is 0 Å². The molecule has 0 fully saturated rings. The van der Waals surface area contributed by atoms with Crippen LogP contribution in [0.2, 0.25) is 0 Å². The van der Waals surface area contributed by atoms with Crippen molar-refractivity contribution in [2.24, 2.45) is 0 Å². The summed E-state index contributed by atoms with van der Waals surface area (Å²) in [6.07, 6.45) is 1.90. The lowest BCUT2D eigenvalue weighted by atomic mass is 9.87. The maximum atomic E-state index is 11.8. The molecule has 0 radical (unpaired) electrons. The smallest absolute Gasteiger partial charge is 0.257 e. The predicted molar refractivity (Wildman–Crippen MR) is 98.4 cm³/mol. The molecular weight excluding hydrogens is 298 g/mol. The van der Waals surface area contributed by atoms with E-state index < -0.39 is 0 Å². The van der Waals surface area contributed by atoms with Crippen molar-refractivity contribution in [3.05, 3.63) is 65.7 Å². The van der Waals surface area contributed by atoms with Gasteiger partial charge in [0.1, 0.15) is 5.75 Å². The minimum absolute atomic E-state index is 0.0558. The van der Waals surface area contributed by atoms with E-state index in [0.717, 1.165) is 18.6 Å². The number of nitrogens with one attached hydrogen (secondary N) is 1. The van der Waals surface area contributed by atoms with Crippen molar-refractivity contribution in [2.75, 3.05) is 13.2 Å². The maximum Gasteiger partial charge on any atom is 0.257 e. The van der Waals surface area contributed by atoms with E-state index in [4.69, 9.17) is 4.74 Å². The minimum atomic E-state index is -0.0806. The van der Waals surface area contributed by atoms with Gasteiger partial charge >= 0.3 is 0 Å². The highest BCUT2D eigenvalue weighted by Crippen LogP contribution is 2.24. The molecule has 0 saturated carbocycles. The van der Waals surface area contributed by atoms with E-state index in [1.54, 1.807) is 0 Å². The Labute approximate surface area is 145 Å². The van der Waals surface area contributed by atoms with E-state index in [1.165, 1.54) is 11.1 Å². The number of benzene rings is 2. The third kappa shape index (κ3) is 6.07. The fourth-order valence-corrected chi connectivity index (χ4v) is 2.42. The van der Waals surface area contributed by atoms with Crippen molar-refractivity contribution in [1.29, 1.82) is 0 Å². The molecule has 2 aromatic rings. The molecule has 2 rings (SSSR count). The third-order valence-electron chi connectivity index (χ3n) is 3.90. The summed E-state index contributed by atoms with van der Waals surface area (Å²) >= 11 is 0. The average molecular weight is 325 g/mol. The van der Waals surface area contributed by atoms with Gasteiger partial charge in [-0.3, -0.25) is 4.79 Å². The molecule has 0 atom stereocenters. The van der Waals surface area contributed by atoms with Crippen molar-refractivity contribution in [3.8, 4) is 5.75 Å². The van der Waals surface area contributed by atoms with Crippen molar-refractivity contribution in [3.63, 3.8) is 0 Å². The fourth-order valence-electron chi connectivity index (χ4n) is 2.42. The SMILES string of the molecule is CC(C)(C)c1ccc(OCC(=O)NCCCc2ccccc2)cc1. The zero-order chi connectivity index (χ0) is 17.4. The summed E-state index contributed by atoms with van der Waals surface area (Å²) in [6, 6.07) is 18.2. The van der Waals surface area contributed by atoms with Gasteiger partial charge in [0.05, 0.1) is 0 Å². The van der Waals surface area contributed by atoms with Gasteiger partial charge in [0, 0.05) is 6.54 Å². The summed E-state index contributed by atoms with van der Waals surface area (Å²) in [5.74, 6) is 0.644. The van der Waals surface area contributed by atoms with Gasteiger partial charge < -0.3 is 10.1 Å². The van der Waals surface area contributed by atoms with Crippen LogP contribution in [0.1, 0.15) is 38.3 Å². The van der Waals surface area contributed by atoms with Crippen LogP contribution in [-0.2, 0) is 16.6 Å². The second kappa shape index (κ2) is 8.53. The van der Waals surface area contributed by atoms with Crippen molar-refractivity contribution in [1.82, 2.24) is 5.32 Å². The largest absolute Gasteiger partial charge is 0.484 e. The molecule has 1 N–H and O–H groups in total. The van der Waals surface area contributed by atoms with E-state index in [0.29, 0.717) is 6.54 Å². The van der Waals surface area contributed by atoms with Gasteiger partial charge in [0.25, 0.3) is 5.91 Å². The van der Waals surface area contributed by atoms with E-state index in [2.05, 4.69) is 38.2 Å². The molecule has 24 heavy (non-hydrogen) atoms. The monoisotopic (exact) mass is 325 g/mol. The summed E-state index contributed by atoms with van der Waals surface area (Å²) in [5, 5.41) is 2.89. The normalized spacial score (nSPS) is 11.1. The highest BCUT2D eigenvalue weighted by atomic mass is 16.5. The number of rotatable bonds is 7. The second-order valence-electron chi connectivity index (χ2n) is 7.00. The molecule has 0 aliphatic heterocycles. The molecule has 0 spiro atoms. The van der Waals surface area contributed by atoms with Crippen LogP contribution in [0.25, 0.3) is 0 Å². The fraction of sp³-hybridized carbons (Fsp3) is 0.381. The lowest BCUT2D eigenvalue weighted by Crippen LogP contribution is -2.29. The molecule has 0 aliphatic carbocycles. The molecule has 0 unspecified atom stereocenters. The number of hydrogen-bond donors (Lipinski definition) is 1. The molecule has 0 aromatic heterocycles. The van der Waals surface area contributed by atoms with E-state index in [9.17, 15) is 4.79 Å². The summed E-state index contributed by atoms with van der Waals surface area (Å²) in [5.41, 5.74) is 2.66. The first-order valence-corrected chi connectivity index (χ1v) is 8.49. The topological polar surface area (TPSA) is 38.3 Å². The van der Waals surface area contributed by atoms with Crippen molar-refractivity contribution >= 4 is 5.91 Å². The Bertz CT molecular complexity index is 627. The number of aryl methyl sites for hydroxylation is 1. The average Bonchev–Trinajstić information content (AvgIpc) is 2.57. The van der Waals surface area contributed by atoms with Gasteiger partial charge in [-0.2, -0.15) is 0 Å². The number of hydrogen-bond acceptors (Lipinski definition) is 2. The van der Waals surface area contributed by atoms with E-state index in [1.807, 2.05) is 42.5 Å². The van der Waals surface area contributed by atoms with Crippen molar-refractivity contribution in [2.45, 2.75) is 39.0 Å². The van der Waals surface area contributed by atoms with Crippen LogP contribution in [-0.4, -0.2) is 19.1 Å². The lowest BCUT2D eigenvalue weighted by molar-refractivity contribution is -0.123. The van der Waals surface area contributed by atoms with E-state index >= 15 is 0 Å². The van der Waals surface area contributed by atoms with Crippen LogP contribution in [0.15, 0.2) is 54.6 Å². The number of carbonyl (C=O) groups is 1. The third-order valence-corrected chi connectivity index (χ3v) is 3.90.